The predicted molar refractivity (Wildman–Crippen MR) is 99.5 cm³/mol. The summed E-state index contributed by atoms with van der Waals surface area (Å²) in [7, 11) is 0. The number of fused-ring (bicyclic) bond motifs is 5. The standard InChI is InChI=1S/C21H13ClN2O/c22-18-11-6-10-15-17-13-23-24(14-7-2-1-3-8-14)20(17)16-9-4-5-12-19(16)25-21(15)18/h1-13H. The lowest BCUT2D eigenvalue weighted by Gasteiger charge is -2.11. The van der Waals surface area contributed by atoms with Gasteiger partial charge in [-0.1, -0.05) is 54.1 Å². The summed E-state index contributed by atoms with van der Waals surface area (Å²) in [5.41, 5.74) is 4.95. The number of halogens is 1. The van der Waals surface area contributed by atoms with Crippen LogP contribution in [0.5, 0.6) is 11.5 Å². The van der Waals surface area contributed by atoms with Gasteiger partial charge < -0.3 is 4.74 Å². The summed E-state index contributed by atoms with van der Waals surface area (Å²) in [5, 5.41) is 5.25. The minimum atomic E-state index is 0.590. The van der Waals surface area contributed by atoms with Gasteiger partial charge in [-0.2, -0.15) is 5.10 Å². The van der Waals surface area contributed by atoms with Crippen molar-refractivity contribution in [1.29, 1.82) is 0 Å². The minimum absolute atomic E-state index is 0.590. The van der Waals surface area contributed by atoms with Crippen LogP contribution < -0.4 is 4.74 Å². The maximum Gasteiger partial charge on any atom is 0.153 e. The van der Waals surface area contributed by atoms with Crippen LogP contribution in [0.15, 0.2) is 79.0 Å². The largest absolute Gasteiger partial charge is 0.454 e. The van der Waals surface area contributed by atoms with Crippen LogP contribution in [0.25, 0.3) is 28.1 Å². The van der Waals surface area contributed by atoms with Crippen molar-refractivity contribution < 1.29 is 4.74 Å². The first-order valence-corrected chi connectivity index (χ1v) is 8.40. The number of para-hydroxylation sites is 3. The summed E-state index contributed by atoms with van der Waals surface area (Å²) in [5.74, 6) is 1.44. The molecule has 3 aromatic carbocycles. The van der Waals surface area contributed by atoms with Crippen molar-refractivity contribution in [1.82, 2.24) is 9.78 Å². The van der Waals surface area contributed by atoms with E-state index in [0.717, 1.165) is 33.8 Å². The lowest BCUT2D eigenvalue weighted by Crippen LogP contribution is -1.99. The lowest BCUT2D eigenvalue weighted by molar-refractivity contribution is 0.487. The van der Waals surface area contributed by atoms with E-state index in [1.54, 1.807) is 0 Å². The summed E-state index contributed by atoms with van der Waals surface area (Å²) >= 11 is 6.42. The Bertz CT molecular complexity index is 1090. The maximum absolute atomic E-state index is 6.42. The zero-order valence-electron chi connectivity index (χ0n) is 13.2. The van der Waals surface area contributed by atoms with E-state index in [-0.39, 0.29) is 0 Å². The zero-order valence-corrected chi connectivity index (χ0v) is 13.9. The molecule has 4 aromatic rings. The molecule has 0 saturated heterocycles. The average Bonchev–Trinajstić information content (AvgIpc) is 3.03. The second-order valence-electron chi connectivity index (χ2n) is 5.87. The van der Waals surface area contributed by atoms with E-state index >= 15 is 0 Å². The van der Waals surface area contributed by atoms with Crippen LogP contribution in [0, 0.1) is 0 Å². The molecule has 2 heterocycles. The van der Waals surface area contributed by atoms with E-state index in [4.69, 9.17) is 16.3 Å². The van der Waals surface area contributed by atoms with Crippen LogP contribution in [0.3, 0.4) is 0 Å². The lowest BCUT2D eigenvalue weighted by atomic mass is 10.0. The van der Waals surface area contributed by atoms with Gasteiger partial charge in [0.1, 0.15) is 5.75 Å². The molecule has 0 aliphatic carbocycles. The van der Waals surface area contributed by atoms with Gasteiger partial charge in [0.05, 0.1) is 22.6 Å². The molecule has 1 aliphatic rings. The second-order valence-corrected chi connectivity index (χ2v) is 6.28. The third kappa shape index (κ3) is 2.17. The van der Waals surface area contributed by atoms with Crippen LogP contribution in [0.4, 0.5) is 0 Å². The SMILES string of the molecule is Clc1cccc2c1Oc1ccccc1-c1c-2cnn1-c1ccccc1. The van der Waals surface area contributed by atoms with Crippen LogP contribution in [-0.4, -0.2) is 9.78 Å². The highest BCUT2D eigenvalue weighted by atomic mass is 35.5. The smallest absolute Gasteiger partial charge is 0.153 e. The normalized spacial score (nSPS) is 11.7. The molecule has 0 saturated carbocycles. The molecule has 0 atom stereocenters. The van der Waals surface area contributed by atoms with Crippen molar-refractivity contribution in [3.05, 3.63) is 84.0 Å². The van der Waals surface area contributed by atoms with E-state index in [9.17, 15) is 0 Å². The molecule has 25 heavy (non-hydrogen) atoms. The van der Waals surface area contributed by atoms with Crippen molar-refractivity contribution in [2.45, 2.75) is 0 Å². The highest BCUT2D eigenvalue weighted by molar-refractivity contribution is 6.32. The Morgan fingerprint density at radius 3 is 2.40 bits per heavy atom. The molecule has 4 heteroatoms. The van der Waals surface area contributed by atoms with Crippen LogP contribution in [0.2, 0.25) is 5.02 Å². The molecule has 1 aliphatic heterocycles. The number of aromatic nitrogens is 2. The molecule has 0 unspecified atom stereocenters. The van der Waals surface area contributed by atoms with Gasteiger partial charge in [-0.3, -0.25) is 0 Å². The number of rotatable bonds is 1. The molecular weight excluding hydrogens is 332 g/mol. The number of hydrogen-bond donors (Lipinski definition) is 0. The van der Waals surface area contributed by atoms with Gasteiger partial charge in [-0.15, -0.1) is 0 Å². The fraction of sp³-hybridized carbons (Fsp3) is 0. The summed E-state index contributed by atoms with van der Waals surface area (Å²) in [6.07, 6.45) is 1.88. The van der Waals surface area contributed by atoms with E-state index < -0.39 is 0 Å². The van der Waals surface area contributed by atoms with Gasteiger partial charge in [0.2, 0.25) is 0 Å². The fourth-order valence-corrected chi connectivity index (χ4v) is 3.47. The predicted octanol–water partition coefficient (Wildman–Crippen LogP) is 5.97. The molecule has 1 aromatic heterocycles. The third-order valence-corrected chi connectivity index (χ3v) is 4.68. The van der Waals surface area contributed by atoms with Crippen molar-refractivity contribution in [2.24, 2.45) is 0 Å². The second kappa shape index (κ2) is 5.50. The van der Waals surface area contributed by atoms with Gasteiger partial charge in [0.25, 0.3) is 0 Å². The average molecular weight is 345 g/mol. The number of hydrogen-bond acceptors (Lipinski definition) is 2. The fourth-order valence-electron chi connectivity index (χ4n) is 3.26. The first-order valence-electron chi connectivity index (χ1n) is 8.02. The van der Waals surface area contributed by atoms with Gasteiger partial charge in [-0.25, -0.2) is 4.68 Å². The first-order chi connectivity index (χ1) is 12.3. The van der Waals surface area contributed by atoms with Gasteiger partial charge >= 0.3 is 0 Å². The topological polar surface area (TPSA) is 27.1 Å². The summed E-state index contributed by atoms with van der Waals surface area (Å²) in [6, 6.07) is 23.9. The third-order valence-electron chi connectivity index (χ3n) is 4.38. The number of benzene rings is 3. The molecule has 120 valence electrons. The van der Waals surface area contributed by atoms with Crippen molar-refractivity contribution in [3.63, 3.8) is 0 Å². The molecule has 3 nitrogen and oxygen atoms in total. The minimum Gasteiger partial charge on any atom is -0.454 e. The van der Waals surface area contributed by atoms with Crippen LogP contribution in [0.1, 0.15) is 0 Å². The Labute approximate surface area is 150 Å². The van der Waals surface area contributed by atoms with Crippen LogP contribution >= 0.6 is 11.6 Å². The Morgan fingerprint density at radius 2 is 1.52 bits per heavy atom. The molecule has 5 rings (SSSR count). The Balaban J connectivity index is 1.89. The monoisotopic (exact) mass is 344 g/mol. The molecule has 0 N–H and O–H groups in total. The maximum atomic E-state index is 6.42. The van der Waals surface area contributed by atoms with Crippen molar-refractivity contribution in [3.8, 4) is 39.6 Å². The van der Waals surface area contributed by atoms with E-state index in [2.05, 4.69) is 11.2 Å². The van der Waals surface area contributed by atoms with Crippen molar-refractivity contribution in [2.75, 3.05) is 0 Å². The Kier molecular flexibility index (Phi) is 3.15. The van der Waals surface area contributed by atoms with Crippen molar-refractivity contribution >= 4 is 11.6 Å². The molecule has 0 spiro atoms. The molecule has 0 amide bonds. The first kappa shape index (κ1) is 14.3. The Hall–Kier alpha value is -3.04. The summed E-state index contributed by atoms with van der Waals surface area (Å²) in [4.78, 5) is 0. The van der Waals surface area contributed by atoms with Gasteiger partial charge in [0, 0.05) is 16.7 Å². The van der Waals surface area contributed by atoms with Crippen LogP contribution in [-0.2, 0) is 0 Å². The zero-order chi connectivity index (χ0) is 16.8. The molecule has 0 fully saturated rings. The Morgan fingerprint density at radius 1 is 0.760 bits per heavy atom. The molecule has 0 bridgehead atoms. The number of nitrogens with zero attached hydrogens (tertiary/aromatic N) is 2. The van der Waals surface area contributed by atoms with E-state index in [0.29, 0.717) is 10.8 Å². The summed E-state index contributed by atoms with van der Waals surface area (Å²) < 4.78 is 8.14. The quantitative estimate of drug-likeness (QED) is 0.375. The molecular formula is C21H13ClN2O. The van der Waals surface area contributed by atoms with Gasteiger partial charge in [0.15, 0.2) is 5.75 Å². The molecule has 0 radical (unpaired) electrons. The number of ether oxygens (including phenoxy) is 1. The van der Waals surface area contributed by atoms with Gasteiger partial charge in [-0.05, 0) is 30.3 Å². The highest BCUT2D eigenvalue weighted by Crippen LogP contribution is 2.49. The highest BCUT2D eigenvalue weighted by Gasteiger charge is 2.26. The van der Waals surface area contributed by atoms with E-state index in [1.165, 1.54) is 0 Å². The summed E-state index contributed by atoms with van der Waals surface area (Å²) in [6.45, 7) is 0. The van der Waals surface area contributed by atoms with E-state index in [1.807, 2.05) is 77.6 Å².